The van der Waals surface area contributed by atoms with Crippen molar-refractivity contribution in [3.05, 3.63) is 76.1 Å². The maximum Gasteiger partial charge on any atom is 0.276 e. The number of aromatic nitrogens is 2. The van der Waals surface area contributed by atoms with E-state index in [9.17, 15) is 9.59 Å². The molecule has 0 atom stereocenters. The minimum atomic E-state index is -0.470. The molecule has 8 heteroatoms. The van der Waals surface area contributed by atoms with Crippen LogP contribution >= 0.6 is 11.6 Å². The number of hydrogen-bond donors (Lipinski definition) is 2. The zero-order valence-corrected chi connectivity index (χ0v) is 18.7. The van der Waals surface area contributed by atoms with Crippen LogP contribution in [0.2, 0.25) is 5.02 Å². The highest BCUT2D eigenvalue weighted by molar-refractivity contribution is 6.30. The first-order chi connectivity index (χ1) is 14.8. The highest BCUT2D eigenvalue weighted by Crippen LogP contribution is 2.24. The van der Waals surface area contributed by atoms with E-state index >= 15 is 0 Å². The number of aryl methyl sites for hydroxylation is 2. The van der Waals surface area contributed by atoms with Crippen LogP contribution in [0.5, 0.6) is 5.75 Å². The van der Waals surface area contributed by atoms with Crippen molar-refractivity contribution in [2.75, 3.05) is 6.61 Å². The Bertz CT molecular complexity index is 1090. The molecule has 162 valence electrons. The van der Waals surface area contributed by atoms with Crippen LogP contribution in [0.3, 0.4) is 0 Å². The SMILES string of the molecule is Cc1ccc(OCC(=O)NNC(=O)c2cnn(-c3ccc(Cl)cc3)c2C(C)C)cc1C. The van der Waals surface area contributed by atoms with Gasteiger partial charge in [-0.05, 0) is 67.3 Å². The molecule has 1 heterocycles. The molecule has 0 saturated carbocycles. The number of ether oxygens (including phenoxy) is 1. The number of amides is 2. The van der Waals surface area contributed by atoms with Gasteiger partial charge in [-0.3, -0.25) is 20.4 Å². The maximum atomic E-state index is 12.7. The smallest absolute Gasteiger partial charge is 0.276 e. The molecule has 3 rings (SSSR count). The van der Waals surface area contributed by atoms with Crippen LogP contribution in [0.4, 0.5) is 0 Å². The summed E-state index contributed by atoms with van der Waals surface area (Å²) < 4.78 is 7.18. The molecule has 0 aliphatic carbocycles. The van der Waals surface area contributed by atoms with E-state index in [1.165, 1.54) is 6.20 Å². The third kappa shape index (κ3) is 5.44. The van der Waals surface area contributed by atoms with E-state index in [0.29, 0.717) is 16.3 Å². The fourth-order valence-electron chi connectivity index (χ4n) is 3.06. The van der Waals surface area contributed by atoms with Crippen molar-refractivity contribution in [3.8, 4) is 11.4 Å². The molecule has 7 nitrogen and oxygen atoms in total. The fraction of sp³-hybridized carbons (Fsp3) is 0.261. The molecule has 2 aromatic carbocycles. The molecule has 0 fully saturated rings. The van der Waals surface area contributed by atoms with Gasteiger partial charge in [-0.2, -0.15) is 5.10 Å². The van der Waals surface area contributed by atoms with Gasteiger partial charge in [0.25, 0.3) is 11.8 Å². The average Bonchev–Trinajstić information content (AvgIpc) is 3.19. The zero-order chi connectivity index (χ0) is 22.5. The Labute approximate surface area is 186 Å². The lowest BCUT2D eigenvalue weighted by molar-refractivity contribution is -0.123. The molecular formula is C23H25ClN4O3. The summed E-state index contributed by atoms with van der Waals surface area (Å²) >= 11 is 5.96. The quantitative estimate of drug-likeness (QED) is 0.565. The van der Waals surface area contributed by atoms with E-state index in [0.717, 1.165) is 22.5 Å². The molecule has 0 bridgehead atoms. The predicted octanol–water partition coefficient (Wildman–Crippen LogP) is 4.11. The van der Waals surface area contributed by atoms with Crippen LogP contribution in [0.1, 0.15) is 46.9 Å². The first-order valence-corrected chi connectivity index (χ1v) is 10.3. The number of nitrogens with zero attached hydrogens (tertiary/aromatic N) is 2. The molecular weight excluding hydrogens is 416 g/mol. The van der Waals surface area contributed by atoms with Crippen LogP contribution in [0.15, 0.2) is 48.7 Å². The summed E-state index contributed by atoms with van der Waals surface area (Å²) in [5.74, 6) is -0.315. The van der Waals surface area contributed by atoms with Crippen molar-refractivity contribution in [3.63, 3.8) is 0 Å². The topological polar surface area (TPSA) is 85.2 Å². The Morgan fingerprint density at radius 3 is 2.42 bits per heavy atom. The first kappa shape index (κ1) is 22.4. The van der Waals surface area contributed by atoms with Gasteiger partial charge in [-0.15, -0.1) is 0 Å². The minimum Gasteiger partial charge on any atom is -0.484 e. The van der Waals surface area contributed by atoms with Crippen LogP contribution in [0.25, 0.3) is 5.69 Å². The normalized spacial score (nSPS) is 10.8. The third-order valence-electron chi connectivity index (χ3n) is 4.83. The molecule has 0 radical (unpaired) electrons. The molecule has 0 spiro atoms. The lowest BCUT2D eigenvalue weighted by atomic mass is 10.1. The molecule has 31 heavy (non-hydrogen) atoms. The van der Waals surface area contributed by atoms with Gasteiger partial charge in [-0.1, -0.05) is 31.5 Å². The van der Waals surface area contributed by atoms with Crippen molar-refractivity contribution in [1.29, 1.82) is 0 Å². The number of hydrazine groups is 1. The van der Waals surface area contributed by atoms with E-state index in [1.54, 1.807) is 22.9 Å². The number of carbonyl (C=O) groups excluding carboxylic acids is 2. The molecule has 0 aliphatic heterocycles. The molecule has 2 amide bonds. The van der Waals surface area contributed by atoms with Crippen LogP contribution < -0.4 is 15.6 Å². The van der Waals surface area contributed by atoms with Gasteiger partial charge in [0.1, 0.15) is 5.75 Å². The van der Waals surface area contributed by atoms with Crippen molar-refractivity contribution in [1.82, 2.24) is 20.6 Å². The lowest BCUT2D eigenvalue weighted by Crippen LogP contribution is -2.44. The minimum absolute atomic E-state index is 0.0164. The summed E-state index contributed by atoms with van der Waals surface area (Å²) in [6, 6.07) is 12.8. The molecule has 3 aromatic rings. The van der Waals surface area contributed by atoms with Crippen molar-refractivity contribution < 1.29 is 14.3 Å². The Kier molecular flexibility index (Phi) is 6.97. The van der Waals surface area contributed by atoms with Gasteiger partial charge < -0.3 is 4.74 Å². The van der Waals surface area contributed by atoms with Crippen LogP contribution in [-0.2, 0) is 4.79 Å². The molecule has 0 saturated heterocycles. The Morgan fingerprint density at radius 2 is 1.77 bits per heavy atom. The second-order valence-corrected chi connectivity index (χ2v) is 7.96. The highest BCUT2D eigenvalue weighted by Gasteiger charge is 2.21. The van der Waals surface area contributed by atoms with Gasteiger partial charge >= 0.3 is 0 Å². The Hall–Kier alpha value is -3.32. The van der Waals surface area contributed by atoms with Gasteiger partial charge in [0, 0.05) is 5.02 Å². The van der Waals surface area contributed by atoms with E-state index in [4.69, 9.17) is 16.3 Å². The standard InChI is InChI=1S/C23H25ClN4O3/c1-14(2)22-20(12-25-28(22)18-8-6-17(24)7-9-18)23(30)27-26-21(29)13-31-19-10-5-15(3)16(4)11-19/h5-12,14H,13H2,1-4H3,(H,26,29)(H,27,30). The number of hydrogen-bond acceptors (Lipinski definition) is 4. The van der Waals surface area contributed by atoms with Gasteiger partial charge in [0.2, 0.25) is 0 Å². The number of nitrogens with one attached hydrogen (secondary N) is 2. The van der Waals surface area contributed by atoms with Crippen LogP contribution in [0, 0.1) is 13.8 Å². The number of benzene rings is 2. The molecule has 0 unspecified atom stereocenters. The van der Waals surface area contributed by atoms with Gasteiger partial charge in [0.05, 0.1) is 23.1 Å². The van der Waals surface area contributed by atoms with E-state index < -0.39 is 11.8 Å². The summed E-state index contributed by atoms with van der Waals surface area (Å²) in [5, 5.41) is 4.97. The second kappa shape index (κ2) is 9.66. The first-order valence-electron chi connectivity index (χ1n) is 9.89. The van der Waals surface area contributed by atoms with E-state index in [2.05, 4.69) is 16.0 Å². The van der Waals surface area contributed by atoms with Crippen LogP contribution in [-0.4, -0.2) is 28.2 Å². The Morgan fingerprint density at radius 1 is 1.06 bits per heavy atom. The highest BCUT2D eigenvalue weighted by atomic mass is 35.5. The number of carbonyl (C=O) groups is 2. The van der Waals surface area contributed by atoms with Crippen molar-refractivity contribution in [2.45, 2.75) is 33.6 Å². The third-order valence-corrected chi connectivity index (χ3v) is 5.08. The van der Waals surface area contributed by atoms with E-state index in [1.807, 2.05) is 52.0 Å². The molecule has 1 aromatic heterocycles. The predicted molar refractivity (Wildman–Crippen MR) is 120 cm³/mol. The summed E-state index contributed by atoms with van der Waals surface area (Å²) in [4.78, 5) is 24.8. The monoisotopic (exact) mass is 440 g/mol. The second-order valence-electron chi connectivity index (χ2n) is 7.52. The van der Waals surface area contributed by atoms with Crippen molar-refractivity contribution >= 4 is 23.4 Å². The van der Waals surface area contributed by atoms with E-state index in [-0.39, 0.29) is 12.5 Å². The van der Waals surface area contributed by atoms with Gasteiger partial charge in [0.15, 0.2) is 6.61 Å². The summed E-state index contributed by atoms with van der Waals surface area (Å²) in [6.45, 7) is 7.69. The van der Waals surface area contributed by atoms with Crippen molar-refractivity contribution in [2.24, 2.45) is 0 Å². The number of halogens is 1. The maximum absolute atomic E-state index is 12.7. The average molecular weight is 441 g/mol. The zero-order valence-electron chi connectivity index (χ0n) is 17.9. The summed E-state index contributed by atoms with van der Waals surface area (Å²) in [7, 11) is 0. The summed E-state index contributed by atoms with van der Waals surface area (Å²) in [5.41, 5.74) is 8.92. The molecule has 0 aliphatic rings. The summed E-state index contributed by atoms with van der Waals surface area (Å²) in [6.07, 6.45) is 1.48. The molecule has 2 N–H and O–H groups in total. The lowest BCUT2D eigenvalue weighted by Gasteiger charge is -2.13. The fourth-order valence-corrected chi connectivity index (χ4v) is 3.18. The number of rotatable bonds is 6. The Balaban J connectivity index is 1.64. The largest absolute Gasteiger partial charge is 0.484 e. The van der Waals surface area contributed by atoms with Gasteiger partial charge in [-0.25, -0.2) is 4.68 Å².